The summed E-state index contributed by atoms with van der Waals surface area (Å²) in [6.45, 7) is 6.21. The zero-order chi connectivity index (χ0) is 10.5. The lowest BCUT2D eigenvalue weighted by Crippen LogP contribution is -2.44. The Kier molecular flexibility index (Phi) is 4.42. The summed E-state index contributed by atoms with van der Waals surface area (Å²) in [6, 6.07) is 0.776. The Balaban J connectivity index is 1.63. The van der Waals surface area contributed by atoms with Crippen molar-refractivity contribution in [3.63, 3.8) is 0 Å². The van der Waals surface area contributed by atoms with Gasteiger partial charge in [-0.1, -0.05) is 0 Å². The lowest BCUT2D eigenvalue weighted by atomic mass is 9.97. The molecule has 0 saturated carbocycles. The Morgan fingerprint density at radius 1 is 1.27 bits per heavy atom. The van der Waals surface area contributed by atoms with Crippen molar-refractivity contribution in [3.05, 3.63) is 0 Å². The summed E-state index contributed by atoms with van der Waals surface area (Å²) >= 11 is 0. The molecule has 88 valence electrons. The largest absolute Gasteiger partial charge is 0.317 e. The Bertz CT molecular complexity index is 178. The second-order valence-electron chi connectivity index (χ2n) is 5.20. The lowest BCUT2D eigenvalue weighted by Gasteiger charge is -2.32. The Hall–Kier alpha value is -0.120. The fourth-order valence-electron chi connectivity index (χ4n) is 2.80. The molecule has 0 aliphatic carbocycles. The third-order valence-corrected chi connectivity index (χ3v) is 3.76. The van der Waals surface area contributed by atoms with E-state index < -0.39 is 0 Å². The highest BCUT2D eigenvalue weighted by Gasteiger charge is 2.19. The topological polar surface area (TPSA) is 27.3 Å². The van der Waals surface area contributed by atoms with Crippen LogP contribution in [0.3, 0.4) is 0 Å². The number of piperidine rings is 2. The summed E-state index contributed by atoms with van der Waals surface area (Å²) in [7, 11) is 2.25. The van der Waals surface area contributed by atoms with E-state index in [1.54, 1.807) is 0 Å². The Morgan fingerprint density at radius 2 is 2.07 bits per heavy atom. The van der Waals surface area contributed by atoms with Crippen molar-refractivity contribution in [2.75, 3.05) is 39.8 Å². The molecule has 2 N–H and O–H groups in total. The van der Waals surface area contributed by atoms with Crippen molar-refractivity contribution >= 4 is 0 Å². The molecule has 2 saturated heterocycles. The van der Waals surface area contributed by atoms with Gasteiger partial charge in [0.1, 0.15) is 0 Å². The van der Waals surface area contributed by atoms with E-state index in [4.69, 9.17) is 0 Å². The summed E-state index contributed by atoms with van der Waals surface area (Å²) in [6.07, 6.45) is 5.42. The normalized spacial score (nSPS) is 30.6. The molecule has 0 spiro atoms. The van der Waals surface area contributed by atoms with E-state index in [-0.39, 0.29) is 0 Å². The summed E-state index contributed by atoms with van der Waals surface area (Å²) in [5, 5.41) is 7.16. The van der Waals surface area contributed by atoms with Gasteiger partial charge in [0.2, 0.25) is 0 Å². The second kappa shape index (κ2) is 5.83. The first kappa shape index (κ1) is 11.4. The van der Waals surface area contributed by atoms with Gasteiger partial charge in [0, 0.05) is 12.6 Å². The summed E-state index contributed by atoms with van der Waals surface area (Å²) in [5.41, 5.74) is 0. The Labute approximate surface area is 93.6 Å². The second-order valence-corrected chi connectivity index (χ2v) is 5.20. The molecule has 0 aromatic rings. The minimum atomic E-state index is 0.776. The molecule has 2 heterocycles. The number of nitrogens with one attached hydrogen (secondary N) is 2. The van der Waals surface area contributed by atoms with E-state index in [9.17, 15) is 0 Å². The van der Waals surface area contributed by atoms with Crippen LogP contribution in [-0.2, 0) is 0 Å². The third kappa shape index (κ3) is 3.74. The van der Waals surface area contributed by atoms with Crippen LogP contribution in [0, 0.1) is 5.92 Å². The quantitative estimate of drug-likeness (QED) is 0.718. The van der Waals surface area contributed by atoms with Crippen molar-refractivity contribution < 1.29 is 0 Å². The maximum absolute atomic E-state index is 3.75. The van der Waals surface area contributed by atoms with Crippen molar-refractivity contribution in [2.45, 2.75) is 31.7 Å². The van der Waals surface area contributed by atoms with Gasteiger partial charge in [0.05, 0.1) is 0 Å². The van der Waals surface area contributed by atoms with Gasteiger partial charge in [-0.3, -0.25) is 0 Å². The molecule has 2 aliphatic heterocycles. The van der Waals surface area contributed by atoms with Crippen molar-refractivity contribution in [3.8, 4) is 0 Å². The number of nitrogens with zero attached hydrogens (tertiary/aromatic N) is 1. The molecule has 2 rings (SSSR count). The molecule has 0 radical (unpaired) electrons. The molecule has 1 unspecified atom stereocenters. The Morgan fingerprint density at radius 3 is 2.80 bits per heavy atom. The first-order valence-electron chi connectivity index (χ1n) is 6.47. The standard InChI is InChI=1S/C12H25N3/c1-15-8-2-3-11(10-15)9-14-12-4-6-13-7-5-12/h11-14H,2-10H2,1H3. The van der Waals surface area contributed by atoms with Crippen LogP contribution in [-0.4, -0.2) is 50.7 Å². The highest BCUT2D eigenvalue weighted by Crippen LogP contribution is 2.14. The minimum absolute atomic E-state index is 0.776. The highest BCUT2D eigenvalue weighted by atomic mass is 15.1. The maximum Gasteiger partial charge on any atom is 0.00913 e. The van der Waals surface area contributed by atoms with Gasteiger partial charge in [-0.2, -0.15) is 0 Å². The van der Waals surface area contributed by atoms with E-state index in [1.807, 2.05) is 0 Å². The predicted octanol–water partition coefficient (Wildman–Crippen LogP) is 0.670. The molecular weight excluding hydrogens is 186 g/mol. The molecule has 0 aromatic heterocycles. The van der Waals surface area contributed by atoms with Crippen LogP contribution < -0.4 is 10.6 Å². The molecule has 0 aromatic carbocycles. The smallest absolute Gasteiger partial charge is 0.00913 e. The monoisotopic (exact) mass is 211 g/mol. The van der Waals surface area contributed by atoms with Crippen LogP contribution in [0.2, 0.25) is 0 Å². The minimum Gasteiger partial charge on any atom is -0.317 e. The number of likely N-dealkylation sites (tertiary alicyclic amines) is 1. The lowest BCUT2D eigenvalue weighted by molar-refractivity contribution is 0.199. The van der Waals surface area contributed by atoms with Gasteiger partial charge in [0.25, 0.3) is 0 Å². The van der Waals surface area contributed by atoms with Crippen molar-refractivity contribution in [2.24, 2.45) is 5.92 Å². The average Bonchev–Trinajstić information content (AvgIpc) is 2.28. The van der Waals surface area contributed by atoms with Gasteiger partial charge in [0.15, 0.2) is 0 Å². The van der Waals surface area contributed by atoms with Crippen LogP contribution in [0.5, 0.6) is 0 Å². The summed E-state index contributed by atoms with van der Waals surface area (Å²) in [5.74, 6) is 0.888. The van der Waals surface area contributed by atoms with Crippen LogP contribution in [0.1, 0.15) is 25.7 Å². The number of hydrogen-bond acceptors (Lipinski definition) is 3. The van der Waals surface area contributed by atoms with Gasteiger partial charge in [-0.05, 0) is 64.8 Å². The highest BCUT2D eigenvalue weighted by molar-refractivity contribution is 4.78. The van der Waals surface area contributed by atoms with Gasteiger partial charge < -0.3 is 15.5 Å². The maximum atomic E-state index is 3.75. The molecule has 3 nitrogen and oxygen atoms in total. The molecule has 15 heavy (non-hydrogen) atoms. The van der Waals surface area contributed by atoms with Gasteiger partial charge in [-0.15, -0.1) is 0 Å². The van der Waals surface area contributed by atoms with Gasteiger partial charge in [-0.25, -0.2) is 0 Å². The molecule has 3 heteroatoms. The van der Waals surface area contributed by atoms with Crippen molar-refractivity contribution in [1.29, 1.82) is 0 Å². The zero-order valence-electron chi connectivity index (χ0n) is 9.97. The zero-order valence-corrected chi connectivity index (χ0v) is 9.97. The van der Waals surface area contributed by atoms with Crippen LogP contribution >= 0.6 is 0 Å². The van der Waals surface area contributed by atoms with E-state index in [0.717, 1.165) is 12.0 Å². The van der Waals surface area contributed by atoms with E-state index in [0.29, 0.717) is 0 Å². The van der Waals surface area contributed by atoms with Crippen LogP contribution in [0.15, 0.2) is 0 Å². The van der Waals surface area contributed by atoms with Crippen LogP contribution in [0.25, 0.3) is 0 Å². The van der Waals surface area contributed by atoms with E-state index >= 15 is 0 Å². The molecule has 2 fully saturated rings. The molecule has 1 atom stereocenters. The summed E-state index contributed by atoms with van der Waals surface area (Å²) in [4.78, 5) is 2.47. The van der Waals surface area contributed by atoms with Gasteiger partial charge >= 0.3 is 0 Å². The SMILES string of the molecule is CN1CCCC(CNC2CCNCC2)C1. The van der Waals surface area contributed by atoms with E-state index in [1.165, 1.54) is 58.4 Å². The number of hydrogen-bond donors (Lipinski definition) is 2. The summed E-state index contributed by atoms with van der Waals surface area (Å²) < 4.78 is 0. The van der Waals surface area contributed by atoms with Crippen molar-refractivity contribution in [1.82, 2.24) is 15.5 Å². The third-order valence-electron chi connectivity index (χ3n) is 3.76. The molecular formula is C12H25N3. The first-order chi connectivity index (χ1) is 7.34. The number of rotatable bonds is 3. The molecule has 0 amide bonds. The molecule has 0 bridgehead atoms. The fraction of sp³-hybridized carbons (Fsp3) is 1.00. The predicted molar refractivity (Wildman–Crippen MR) is 64.1 cm³/mol. The average molecular weight is 211 g/mol. The first-order valence-corrected chi connectivity index (χ1v) is 6.47. The van der Waals surface area contributed by atoms with Crippen LogP contribution in [0.4, 0.5) is 0 Å². The molecule has 2 aliphatic rings. The van der Waals surface area contributed by atoms with E-state index in [2.05, 4.69) is 22.6 Å². The fourth-order valence-corrected chi connectivity index (χ4v) is 2.80.